The number of benzene rings is 1. The van der Waals surface area contributed by atoms with Crippen molar-refractivity contribution in [3.05, 3.63) is 29.6 Å². The Morgan fingerprint density at radius 2 is 1.83 bits per heavy atom. The molecule has 1 aliphatic rings. The minimum Gasteiger partial charge on any atom is -0.269 e. The highest BCUT2D eigenvalue weighted by Crippen LogP contribution is 2.21. The van der Waals surface area contributed by atoms with Crippen molar-refractivity contribution in [3.8, 4) is 0 Å². The fraction of sp³-hybridized carbons (Fsp3) is 0.455. The third-order valence-corrected chi connectivity index (χ3v) is 5.09. The minimum atomic E-state index is -3.55. The Bertz CT molecular complexity index is 539. The zero-order chi connectivity index (χ0) is 13.3. The highest BCUT2D eigenvalue weighted by Gasteiger charge is 2.28. The van der Waals surface area contributed by atoms with Crippen LogP contribution in [0.15, 0.2) is 23.1 Å². The first-order valence-corrected chi connectivity index (χ1v) is 7.11. The quantitative estimate of drug-likeness (QED) is 0.788. The summed E-state index contributed by atoms with van der Waals surface area (Å²) in [7, 11) is -3.55. The largest absolute Gasteiger partial charge is 0.269 e. The highest BCUT2D eigenvalue weighted by atomic mass is 32.2. The van der Waals surface area contributed by atoms with Gasteiger partial charge in [0.15, 0.2) is 0 Å². The van der Waals surface area contributed by atoms with Crippen LogP contribution in [0.25, 0.3) is 0 Å². The van der Waals surface area contributed by atoms with E-state index in [1.54, 1.807) is 11.9 Å². The lowest BCUT2D eigenvalue weighted by molar-refractivity contribution is 0.192. The average molecular weight is 273 g/mol. The number of hydrogen-bond acceptors (Lipinski definition) is 4. The number of aryl methyl sites for hydroxylation is 1. The smallest absolute Gasteiger partial charge is 0.243 e. The first kappa shape index (κ1) is 13.4. The summed E-state index contributed by atoms with van der Waals surface area (Å²) in [5.74, 6) is 5.16. The molecule has 0 aromatic heterocycles. The van der Waals surface area contributed by atoms with Gasteiger partial charge in [0.25, 0.3) is 0 Å². The molecule has 1 aliphatic heterocycles. The summed E-state index contributed by atoms with van der Waals surface area (Å²) < 4.78 is 39.1. The summed E-state index contributed by atoms with van der Waals surface area (Å²) in [5.41, 5.74) is 0.421. The molecule has 100 valence electrons. The van der Waals surface area contributed by atoms with Crippen molar-refractivity contribution in [2.75, 3.05) is 26.2 Å². The molecule has 18 heavy (non-hydrogen) atoms. The Morgan fingerprint density at radius 3 is 2.39 bits per heavy atom. The van der Waals surface area contributed by atoms with Gasteiger partial charge in [-0.2, -0.15) is 4.31 Å². The lowest BCUT2D eigenvalue weighted by Gasteiger charge is -2.31. The minimum absolute atomic E-state index is 0.161. The number of sulfonamides is 1. The topological polar surface area (TPSA) is 66.6 Å². The summed E-state index contributed by atoms with van der Waals surface area (Å²) in [6, 6.07) is 3.71. The van der Waals surface area contributed by atoms with Crippen molar-refractivity contribution in [3.63, 3.8) is 0 Å². The molecule has 5 nitrogen and oxygen atoms in total. The maximum Gasteiger partial charge on any atom is 0.243 e. The normalized spacial score (nSPS) is 19.1. The third kappa shape index (κ3) is 2.54. The summed E-state index contributed by atoms with van der Waals surface area (Å²) >= 11 is 0. The number of nitrogens with zero attached hydrogens (tertiary/aromatic N) is 2. The molecule has 0 spiro atoms. The predicted molar refractivity (Wildman–Crippen MR) is 65.7 cm³/mol. The highest BCUT2D eigenvalue weighted by molar-refractivity contribution is 7.89. The van der Waals surface area contributed by atoms with Crippen molar-refractivity contribution < 1.29 is 12.8 Å². The van der Waals surface area contributed by atoms with Gasteiger partial charge in [-0.15, -0.1) is 0 Å². The van der Waals surface area contributed by atoms with Gasteiger partial charge in [-0.1, -0.05) is 0 Å². The molecule has 7 heteroatoms. The van der Waals surface area contributed by atoms with Crippen LogP contribution in [-0.2, 0) is 10.0 Å². The van der Waals surface area contributed by atoms with Gasteiger partial charge < -0.3 is 0 Å². The van der Waals surface area contributed by atoms with E-state index in [1.807, 2.05) is 0 Å². The molecule has 1 saturated heterocycles. The zero-order valence-corrected chi connectivity index (χ0v) is 11.0. The number of halogens is 1. The van der Waals surface area contributed by atoms with Gasteiger partial charge in [0, 0.05) is 26.2 Å². The average Bonchev–Trinajstić information content (AvgIpc) is 2.29. The van der Waals surface area contributed by atoms with Crippen LogP contribution in [0, 0.1) is 12.7 Å². The monoisotopic (exact) mass is 273 g/mol. The molecule has 0 unspecified atom stereocenters. The summed E-state index contributed by atoms with van der Waals surface area (Å²) in [6.07, 6.45) is 0. The second kappa shape index (κ2) is 4.93. The first-order chi connectivity index (χ1) is 8.41. The van der Waals surface area contributed by atoms with Gasteiger partial charge in [0.2, 0.25) is 10.0 Å². The van der Waals surface area contributed by atoms with Crippen LogP contribution >= 0.6 is 0 Å². The fourth-order valence-electron chi connectivity index (χ4n) is 1.99. The molecule has 0 aliphatic carbocycles. The summed E-state index contributed by atoms with van der Waals surface area (Å²) in [5, 5.41) is 1.59. The molecule has 1 heterocycles. The van der Waals surface area contributed by atoms with Crippen molar-refractivity contribution in [1.29, 1.82) is 0 Å². The van der Waals surface area contributed by atoms with Gasteiger partial charge in [-0.25, -0.2) is 17.8 Å². The van der Waals surface area contributed by atoms with Gasteiger partial charge in [0.05, 0.1) is 4.90 Å². The molecular formula is C11H16FN3O2S. The van der Waals surface area contributed by atoms with Crippen LogP contribution < -0.4 is 5.84 Å². The van der Waals surface area contributed by atoms with E-state index in [0.717, 1.165) is 0 Å². The fourth-order valence-corrected chi connectivity index (χ4v) is 3.61. The number of rotatable bonds is 2. The Morgan fingerprint density at radius 1 is 1.22 bits per heavy atom. The lowest BCUT2D eigenvalue weighted by Crippen LogP contribution is -2.51. The number of nitrogens with two attached hydrogens (primary N) is 1. The van der Waals surface area contributed by atoms with E-state index in [4.69, 9.17) is 5.84 Å². The number of hydrogen-bond donors (Lipinski definition) is 1. The maximum absolute atomic E-state index is 13.0. The molecule has 2 rings (SSSR count). The van der Waals surface area contributed by atoms with Crippen LogP contribution in [0.5, 0.6) is 0 Å². The van der Waals surface area contributed by atoms with Crippen LogP contribution in [0.2, 0.25) is 0 Å². The van der Waals surface area contributed by atoms with E-state index in [0.29, 0.717) is 31.7 Å². The van der Waals surface area contributed by atoms with Gasteiger partial charge >= 0.3 is 0 Å². The van der Waals surface area contributed by atoms with Crippen molar-refractivity contribution >= 4 is 10.0 Å². The Kier molecular flexibility index (Phi) is 3.67. The van der Waals surface area contributed by atoms with Crippen LogP contribution in [0.1, 0.15) is 5.56 Å². The van der Waals surface area contributed by atoms with Gasteiger partial charge in [-0.05, 0) is 30.7 Å². The van der Waals surface area contributed by atoms with Gasteiger partial charge in [0.1, 0.15) is 5.82 Å². The van der Waals surface area contributed by atoms with E-state index in [1.165, 1.54) is 22.5 Å². The van der Waals surface area contributed by atoms with Crippen molar-refractivity contribution in [1.82, 2.24) is 9.31 Å². The molecular weight excluding hydrogens is 257 g/mol. The molecule has 1 aromatic carbocycles. The third-order valence-electron chi connectivity index (χ3n) is 3.03. The number of piperazine rings is 1. The summed E-state index contributed by atoms with van der Waals surface area (Å²) in [4.78, 5) is 0.161. The Labute approximate surface area is 106 Å². The molecule has 1 fully saturated rings. The van der Waals surface area contributed by atoms with Crippen molar-refractivity contribution in [2.24, 2.45) is 5.84 Å². The Balaban J connectivity index is 2.30. The molecule has 0 radical (unpaired) electrons. The molecule has 0 bridgehead atoms. The SMILES string of the molecule is Cc1cc(F)ccc1S(=O)(=O)N1CCN(N)CC1. The van der Waals surface area contributed by atoms with Crippen LogP contribution in [-0.4, -0.2) is 43.9 Å². The van der Waals surface area contributed by atoms with E-state index >= 15 is 0 Å². The predicted octanol–water partition coefficient (Wildman–Crippen LogP) is 0.314. The Hall–Kier alpha value is -1.02. The van der Waals surface area contributed by atoms with Crippen LogP contribution in [0.3, 0.4) is 0 Å². The van der Waals surface area contributed by atoms with E-state index in [9.17, 15) is 12.8 Å². The van der Waals surface area contributed by atoms with E-state index in [2.05, 4.69) is 0 Å². The van der Waals surface area contributed by atoms with E-state index in [-0.39, 0.29) is 4.90 Å². The second-order valence-electron chi connectivity index (χ2n) is 4.35. The molecule has 2 N–H and O–H groups in total. The van der Waals surface area contributed by atoms with Gasteiger partial charge in [-0.3, -0.25) is 5.84 Å². The lowest BCUT2D eigenvalue weighted by atomic mass is 10.2. The molecule has 0 atom stereocenters. The van der Waals surface area contributed by atoms with Crippen LogP contribution in [0.4, 0.5) is 4.39 Å². The number of hydrazine groups is 1. The first-order valence-electron chi connectivity index (χ1n) is 5.67. The summed E-state index contributed by atoms with van der Waals surface area (Å²) in [6.45, 7) is 3.30. The van der Waals surface area contributed by atoms with Crippen molar-refractivity contribution in [2.45, 2.75) is 11.8 Å². The maximum atomic E-state index is 13.0. The second-order valence-corrected chi connectivity index (χ2v) is 6.26. The van der Waals surface area contributed by atoms with E-state index < -0.39 is 15.8 Å². The zero-order valence-electron chi connectivity index (χ0n) is 10.1. The standard InChI is InChI=1S/C11H16FN3O2S/c1-9-8-10(12)2-3-11(9)18(16,17)15-6-4-14(13)5-7-15/h2-3,8H,4-7,13H2,1H3. The molecule has 0 amide bonds. The molecule has 1 aromatic rings. The molecule has 0 saturated carbocycles.